The Kier molecular flexibility index (Phi) is 8.30. The monoisotopic (exact) mass is 366 g/mol. The molecule has 4 nitrogen and oxygen atoms in total. The van der Waals surface area contributed by atoms with Gasteiger partial charge in [0, 0.05) is 5.57 Å². The predicted octanol–water partition coefficient (Wildman–Crippen LogP) is 5.19. The third-order valence-corrected chi connectivity index (χ3v) is 4.09. The van der Waals surface area contributed by atoms with Crippen LogP contribution < -0.4 is 0 Å². The highest BCUT2D eigenvalue weighted by atomic mass is 16.5. The van der Waals surface area contributed by atoms with Gasteiger partial charge in [-0.25, -0.2) is 9.59 Å². The number of ether oxygens (including phenoxy) is 2. The second-order valence-electron chi connectivity index (χ2n) is 6.38. The lowest BCUT2D eigenvalue weighted by atomic mass is 10.00. The summed E-state index contributed by atoms with van der Waals surface area (Å²) in [5.41, 5.74) is 2.87. The largest absolute Gasteiger partial charge is 0.462 e. The molecule has 0 amide bonds. The smallest absolute Gasteiger partial charge is 0.338 e. The van der Waals surface area contributed by atoms with E-state index in [1.54, 1.807) is 13.0 Å². The standard InChI is InChI=1S/C23H26O4/c1-18(2)22(24)26-16-10-3-4-11-17-27-23(25)21-15-9-8-14-20(21)19-12-6-5-7-13-19/h5-9,12-15H,1,3-4,10-11,16-17H2,2H3. The minimum absolute atomic E-state index is 0.301. The first-order chi connectivity index (χ1) is 13.1. The van der Waals surface area contributed by atoms with E-state index in [0.29, 0.717) is 24.4 Å². The van der Waals surface area contributed by atoms with Crippen molar-refractivity contribution in [2.75, 3.05) is 13.2 Å². The highest BCUT2D eigenvalue weighted by molar-refractivity contribution is 5.97. The summed E-state index contributed by atoms with van der Waals surface area (Å²) < 4.78 is 10.5. The third kappa shape index (κ3) is 6.74. The van der Waals surface area contributed by atoms with E-state index in [1.165, 1.54) is 0 Å². The zero-order chi connectivity index (χ0) is 19.5. The van der Waals surface area contributed by atoms with Crippen LogP contribution in [0.4, 0.5) is 0 Å². The molecule has 142 valence electrons. The fraction of sp³-hybridized carbons (Fsp3) is 0.304. The van der Waals surface area contributed by atoms with E-state index in [2.05, 4.69) is 6.58 Å². The van der Waals surface area contributed by atoms with Crippen molar-refractivity contribution in [3.05, 3.63) is 72.3 Å². The fourth-order valence-corrected chi connectivity index (χ4v) is 2.62. The van der Waals surface area contributed by atoms with Crippen molar-refractivity contribution in [1.29, 1.82) is 0 Å². The van der Waals surface area contributed by atoms with E-state index < -0.39 is 0 Å². The molecule has 27 heavy (non-hydrogen) atoms. The van der Waals surface area contributed by atoms with Crippen molar-refractivity contribution >= 4 is 11.9 Å². The second-order valence-corrected chi connectivity index (χ2v) is 6.38. The highest BCUT2D eigenvalue weighted by Crippen LogP contribution is 2.24. The molecule has 0 aliphatic rings. The van der Waals surface area contributed by atoms with Crippen LogP contribution in [0.2, 0.25) is 0 Å². The lowest BCUT2D eigenvalue weighted by Gasteiger charge is -2.10. The molecule has 0 saturated heterocycles. The lowest BCUT2D eigenvalue weighted by molar-refractivity contribution is -0.139. The fourth-order valence-electron chi connectivity index (χ4n) is 2.62. The molecular formula is C23H26O4. The summed E-state index contributed by atoms with van der Waals surface area (Å²) in [6, 6.07) is 17.3. The number of carbonyl (C=O) groups is 2. The average Bonchev–Trinajstić information content (AvgIpc) is 2.70. The molecule has 0 spiro atoms. The molecule has 0 unspecified atom stereocenters. The molecular weight excluding hydrogens is 340 g/mol. The van der Waals surface area contributed by atoms with E-state index >= 15 is 0 Å². The van der Waals surface area contributed by atoms with Gasteiger partial charge in [0.25, 0.3) is 0 Å². The van der Waals surface area contributed by atoms with E-state index in [9.17, 15) is 9.59 Å². The van der Waals surface area contributed by atoms with Crippen molar-refractivity contribution < 1.29 is 19.1 Å². The van der Waals surface area contributed by atoms with Crippen LogP contribution in [-0.4, -0.2) is 25.2 Å². The van der Waals surface area contributed by atoms with Crippen LogP contribution in [0.25, 0.3) is 11.1 Å². The Labute approximate surface area is 160 Å². The molecule has 2 rings (SSSR count). The predicted molar refractivity (Wildman–Crippen MR) is 106 cm³/mol. The first kappa shape index (κ1) is 20.4. The molecule has 0 atom stereocenters. The maximum atomic E-state index is 12.4. The topological polar surface area (TPSA) is 52.6 Å². The van der Waals surface area contributed by atoms with Gasteiger partial charge in [-0.1, -0.05) is 55.1 Å². The second kappa shape index (κ2) is 11.0. The van der Waals surface area contributed by atoms with E-state index in [-0.39, 0.29) is 11.9 Å². The molecule has 0 saturated carbocycles. The minimum Gasteiger partial charge on any atom is -0.462 e. The molecule has 0 N–H and O–H groups in total. The zero-order valence-electron chi connectivity index (χ0n) is 15.8. The molecule has 4 heteroatoms. The van der Waals surface area contributed by atoms with Crippen LogP contribution >= 0.6 is 0 Å². The molecule has 0 aromatic heterocycles. The molecule has 0 bridgehead atoms. The number of carbonyl (C=O) groups excluding carboxylic acids is 2. The Morgan fingerprint density at radius 3 is 2.07 bits per heavy atom. The number of benzene rings is 2. The van der Waals surface area contributed by atoms with Crippen LogP contribution in [0.15, 0.2) is 66.7 Å². The summed E-state index contributed by atoms with van der Waals surface area (Å²) in [7, 11) is 0. The van der Waals surface area contributed by atoms with Gasteiger partial charge in [-0.3, -0.25) is 0 Å². The van der Waals surface area contributed by atoms with Crippen molar-refractivity contribution in [1.82, 2.24) is 0 Å². The van der Waals surface area contributed by atoms with Gasteiger partial charge >= 0.3 is 11.9 Å². The number of esters is 2. The highest BCUT2D eigenvalue weighted by Gasteiger charge is 2.13. The van der Waals surface area contributed by atoms with E-state index in [4.69, 9.17) is 9.47 Å². The maximum absolute atomic E-state index is 12.4. The average molecular weight is 366 g/mol. The molecule has 2 aromatic carbocycles. The van der Waals surface area contributed by atoms with Crippen LogP contribution in [-0.2, 0) is 14.3 Å². The Balaban J connectivity index is 1.71. The Morgan fingerprint density at radius 1 is 0.815 bits per heavy atom. The van der Waals surface area contributed by atoms with Gasteiger partial charge in [-0.15, -0.1) is 0 Å². The van der Waals surface area contributed by atoms with Gasteiger partial charge in [0.05, 0.1) is 18.8 Å². The maximum Gasteiger partial charge on any atom is 0.338 e. The normalized spacial score (nSPS) is 10.3. The molecule has 0 radical (unpaired) electrons. The summed E-state index contributed by atoms with van der Waals surface area (Å²) in [5.74, 6) is -0.647. The van der Waals surface area contributed by atoms with Crippen molar-refractivity contribution in [3.8, 4) is 11.1 Å². The third-order valence-electron chi connectivity index (χ3n) is 4.09. The van der Waals surface area contributed by atoms with Gasteiger partial charge in [0.15, 0.2) is 0 Å². The summed E-state index contributed by atoms with van der Waals surface area (Å²) in [6.45, 7) is 5.95. The van der Waals surface area contributed by atoms with Crippen LogP contribution in [0.1, 0.15) is 43.0 Å². The first-order valence-corrected chi connectivity index (χ1v) is 9.24. The van der Waals surface area contributed by atoms with Gasteiger partial charge in [0.1, 0.15) is 0 Å². The van der Waals surface area contributed by atoms with Crippen LogP contribution in [0, 0.1) is 0 Å². The van der Waals surface area contributed by atoms with Crippen molar-refractivity contribution in [2.45, 2.75) is 32.6 Å². The number of hydrogen-bond acceptors (Lipinski definition) is 4. The van der Waals surface area contributed by atoms with Gasteiger partial charge in [0.2, 0.25) is 0 Å². The quantitative estimate of drug-likeness (QED) is 0.330. The van der Waals surface area contributed by atoms with Crippen LogP contribution in [0.5, 0.6) is 0 Å². The molecule has 0 aliphatic heterocycles. The molecule has 0 fully saturated rings. The number of unbranched alkanes of at least 4 members (excludes halogenated alkanes) is 3. The molecule has 0 aliphatic carbocycles. The molecule has 2 aromatic rings. The summed E-state index contributed by atoms with van der Waals surface area (Å²) in [4.78, 5) is 23.7. The Bertz CT molecular complexity index is 765. The van der Waals surface area contributed by atoms with Gasteiger partial charge < -0.3 is 9.47 Å². The van der Waals surface area contributed by atoms with E-state index in [0.717, 1.165) is 36.8 Å². The van der Waals surface area contributed by atoms with Crippen molar-refractivity contribution in [3.63, 3.8) is 0 Å². The zero-order valence-corrected chi connectivity index (χ0v) is 15.8. The Morgan fingerprint density at radius 2 is 1.41 bits per heavy atom. The minimum atomic E-state index is -0.346. The first-order valence-electron chi connectivity index (χ1n) is 9.24. The van der Waals surface area contributed by atoms with Crippen molar-refractivity contribution in [2.24, 2.45) is 0 Å². The van der Waals surface area contributed by atoms with E-state index in [1.807, 2.05) is 48.5 Å². The van der Waals surface area contributed by atoms with Gasteiger partial charge in [-0.2, -0.15) is 0 Å². The molecule has 0 heterocycles. The Hall–Kier alpha value is -2.88. The number of hydrogen-bond donors (Lipinski definition) is 0. The summed E-state index contributed by atoms with van der Waals surface area (Å²) >= 11 is 0. The summed E-state index contributed by atoms with van der Waals surface area (Å²) in [5, 5.41) is 0. The van der Waals surface area contributed by atoms with Gasteiger partial charge in [-0.05, 0) is 49.8 Å². The lowest BCUT2D eigenvalue weighted by Crippen LogP contribution is -2.08. The SMILES string of the molecule is C=C(C)C(=O)OCCCCCCOC(=O)c1ccccc1-c1ccccc1. The van der Waals surface area contributed by atoms with Crippen LogP contribution in [0.3, 0.4) is 0 Å². The number of rotatable bonds is 10. The summed E-state index contributed by atoms with van der Waals surface area (Å²) in [6.07, 6.45) is 3.41.